The van der Waals surface area contributed by atoms with Crippen molar-refractivity contribution < 1.29 is 17.9 Å². The number of carbonyl (C=O) groups excluding carboxylic acids is 1. The molecule has 0 saturated heterocycles. The number of aromatic amines is 1. The molecule has 1 rings (SSSR count). The van der Waals surface area contributed by atoms with E-state index in [-0.39, 0.29) is 0 Å². The highest BCUT2D eigenvalue weighted by atomic mass is 32.2. The molecule has 0 amide bonds. The van der Waals surface area contributed by atoms with E-state index in [0.29, 0.717) is 0 Å². The minimum Gasteiger partial charge on any atom is -0.468 e. The number of aromatic nitrogens is 1. The Morgan fingerprint density at radius 3 is 2.71 bits per heavy atom. The summed E-state index contributed by atoms with van der Waals surface area (Å²) in [5, 5.41) is 0. The van der Waals surface area contributed by atoms with Crippen LogP contribution in [0.25, 0.3) is 0 Å². The van der Waals surface area contributed by atoms with Crippen molar-refractivity contribution >= 4 is 16.0 Å². The van der Waals surface area contributed by atoms with E-state index < -0.39 is 32.4 Å². The molecule has 0 radical (unpaired) electrons. The summed E-state index contributed by atoms with van der Waals surface area (Å²) in [5.41, 5.74) is -0.659. The second kappa shape index (κ2) is 5.11. The third-order valence-corrected chi connectivity index (χ3v) is 3.53. The van der Waals surface area contributed by atoms with Gasteiger partial charge in [-0.15, -0.1) is 0 Å². The van der Waals surface area contributed by atoms with Gasteiger partial charge in [-0.3, -0.25) is 9.59 Å². The first-order valence-electron chi connectivity index (χ1n) is 4.65. The number of nitrogens with one attached hydrogen (secondary N) is 2. The van der Waals surface area contributed by atoms with Gasteiger partial charge in [0.15, 0.2) is 0 Å². The van der Waals surface area contributed by atoms with E-state index in [4.69, 9.17) is 0 Å². The van der Waals surface area contributed by atoms with Gasteiger partial charge in [-0.05, 0) is 6.92 Å². The zero-order chi connectivity index (χ0) is 13.1. The second-order valence-corrected chi connectivity index (χ2v) is 4.92. The number of hydrogen-bond acceptors (Lipinski definition) is 5. The zero-order valence-electron chi connectivity index (χ0n) is 9.26. The van der Waals surface area contributed by atoms with Crippen molar-refractivity contribution in [3.05, 3.63) is 28.7 Å². The Bertz CT molecular complexity index is 563. The van der Waals surface area contributed by atoms with Crippen molar-refractivity contribution in [2.75, 3.05) is 7.11 Å². The van der Waals surface area contributed by atoms with Crippen LogP contribution in [0.2, 0.25) is 0 Å². The van der Waals surface area contributed by atoms with Gasteiger partial charge in [0.05, 0.1) is 7.11 Å². The number of pyridine rings is 1. The van der Waals surface area contributed by atoms with E-state index in [1.54, 1.807) is 0 Å². The fourth-order valence-electron chi connectivity index (χ4n) is 1.13. The maximum atomic E-state index is 11.7. The lowest BCUT2D eigenvalue weighted by atomic mass is 10.4. The molecule has 8 heteroatoms. The second-order valence-electron chi connectivity index (χ2n) is 3.24. The first-order chi connectivity index (χ1) is 7.88. The fraction of sp³-hybridized carbons (Fsp3) is 0.333. The van der Waals surface area contributed by atoms with Gasteiger partial charge in [0, 0.05) is 18.5 Å². The Labute approximate surface area is 97.9 Å². The third-order valence-electron chi connectivity index (χ3n) is 1.96. The predicted octanol–water partition coefficient (Wildman–Crippen LogP) is -0.785. The molecule has 1 heterocycles. The van der Waals surface area contributed by atoms with Crippen molar-refractivity contribution in [2.45, 2.75) is 17.9 Å². The lowest BCUT2D eigenvalue weighted by Crippen LogP contribution is -2.40. The van der Waals surface area contributed by atoms with E-state index in [0.717, 1.165) is 19.4 Å². The van der Waals surface area contributed by atoms with Gasteiger partial charge in [-0.1, -0.05) is 0 Å². The normalized spacial score (nSPS) is 13.1. The summed E-state index contributed by atoms with van der Waals surface area (Å²) in [6.07, 6.45) is 2.36. The molecular formula is C9H12N2O5S. The SMILES string of the molecule is COC(=O)C(C)NS(=O)(=O)c1c[nH]ccc1=O. The molecule has 0 spiro atoms. The van der Waals surface area contributed by atoms with Gasteiger partial charge >= 0.3 is 5.97 Å². The molecule has 0 fully saturated rings. The van der Waals surface area contributed by atoms with E-state index in [2.05, 4.69) is 9.72 Å². The molecule has 0 aliphatic heterocycles. The Morgan fingerprint density at radius 1 is 1.53 bits per heavy atom. The lowest BCUT2D eigenvalue weighted by molar-refractivity contribution is -0.142. The Hall–Kier alpha value is -1.67. The monoisotopic (exact) mass is 260 g/mol. The summed E-state index contributed by atoms with van der Waals surface area (Å²) in [5.74, 6) is -0.735. The van der Waals surface area contributed by atoms with Crippen LogP contribution < -0.4 is 10.2 Å². The van der Waals surface area contributed by atoms with Gasteiger partial charge in [0.25, 0.3) is 0 Å². The number of ether oxygens (including phenoxy) is 1. The van der Waals surface area contributed by atoms with Crippen LogP contribution in [0.3, 0.4) is 0 Å². The number of esters is 1. The molecule has 17 heavy (non-hydrogen) atoms. The highest BCUT2D eigenvalue weighted by Crippen LogP contribution is 2.01. The van der Waals surface area contributed by atoms with Gasteiger partial charge in [0.1, 0.15) is 10.9 Å². The van der Waals surface area contributed by atoms with Crippen molar-refractivity contribution in [3.63, 3.8) is 0 Å². The van der Waals surface area contributed by atoms with Crippen LogP contribution in [0.4, 0.5) is 0 Å². The predicted molar refractivity (Wildman–Crippen MR) is 58.9 cm³/mol. The number of H-pyrrole nitrogens is 1. The van der Waals surface area contributed by atoms with Crippen molar-refractivity contribution in [2.24, 2.45) is 0 Å². The largest absolute Gasteiger partial charge is 0.468 e. The standard InChI is InChI=1S/C9H12N2O5S/c1-6(9(13)16-2)11-17(14,15)8-5-10-4-3-7(8)12/h3-6,11H,1-2H3,(H,10,12). The first kappa shape index (κ1) is 13.4. The molecule has 0 saturated carbocycles. The van der Waals surface area contributed by atoms with Crippen LogP contribution in [0, 0.1) is 0 Å². The molecule has 7 nitrogen and oxygen atoms in total. The average Bonchev–Trinajstić information content (AvgIpc) is 2.27. The fourth-order valence-corrected chi connectivity index (χ4v) is 2.38. The van der Waals surface area contributed by atoms with E-state index in [1.165, 1.54) is 13.1 Å². The number of hydrogen-bond donors (Lipinski definition) is 2. The summed E-state index contributed by atoms with van der Waals surface area (Å²) >= 11 is 0. The number of methoxy groups -OCH3 is 1. The van der Waals surface area contributed by atoms with E-state index in [1.807, 2.05) is 4.72 Å². The minimum atomic E-state index is -4.04. The topological polar surface area (TPSA) is 105 Å². The Balaban J connectivity index is 3.02. The molecule has 94 valence electrons. The quantitative estimate of drug-likeness (QED) is 0.690. The summed E-state index contributed by atoms with van der Waals surface area (Å²) in [6.45, 7) is 1.32. The first-order valence-corrected chi connectivity index (χ1v) is 6.14. The lowest BCUT2D eigenvalue weighted by Gasteiger charge is -2.11. The third kappa shape index (κ3) is 3.14. The summed E-state index contributed by atoms with van der Waals surface area (Å²) in [4.78, 5) is 24.4. The Kier molecular flexibility index (Phi) is 4.02. The number of carbonyl (C=O) groups is 1. The maximum Gasteiger partial charge on any atom is 0.323 e. The molecule has 0 aromatic carbocycles. The maximum absolute atomic E-state index is 11.7. The summed E-state index contributed by atoms with van der Waals surface area (Å²) in [7, 11) is -2.90. The van der Waals surface area contributed by atoms with Gasteiger partial charge in [-0.2, -0.15) is 4.72 Å². The summed E-state index contributed by atoms with van der Waals surface area (Å²) < 4.78 is 29.9. The number of rotatable bonds is 4. The minimum absolute atomic E-state index is 0.448. The van der Waals surface area contributed by atoms with E-state index in [9.17, 15) is 18.0 Å². The zero-order valence-corrected chi connectivity index (χ0v) is 10.1. The van der Waals surface area contributed by atoms with Gasteiger partial charge in [0.2, 0.25) is 15.5 Å². The molecular weight excluding hydrogens is 248 g/mol. The molecule has 0 aliphatic carbocycles. The molecule has 1 aromatic heterocycles. The molecule has 1 atom stereocenters. The molecule has 1 aromatic rings. The van der Waals surface area contributed by atoms with Gasteiger partial charge in [-0.25, -0.2) is 8.42 Å². The molecule has 2 N–H and O–H groups in total. The van der Waals surface area contributed by atoms with Crippen LogP contribution in [0.5, 0.6) is 0 Å². The van der Waals surface area contributed by atoms with Gasteiger partial charge < -0.3 is 9.72 Å². The van der Waals surface area contributed by atoms with Crippen LogP contribution >= 0.6 is 0 Å². The number of sulfonamides is 1. The van der Waals surface area contributed by atoms with Crippen LogP contribution in [0.15, 0.2) is 28.2 Å². The molecule has 0 aliphatic rings. The average molecular weight is 260 g/mol. The van der Waals surface area contributed by atoms with Crippen molar-refractivity contribution in [3.8, 4) is 0 Å². The smallest absolute Gasteiger partial charge is 0.323 e. The molecule has 1 unspecified atom stereocenters. The highest BCUT2D eigenvalue weighted by molar-refractivity contribution is 7.89. The molecule has 0 bridgehead atoms. The highest BCUT2D eigenvalue weighted by Gasteiger charge is 2.24. The van der Waals surface area contributed by atoms with Crippen LogP contribution in [-0.2, 0) is 19.6 Å². The van der Waals surface area contributed by atoms with E-state index >= 15 is 0 Å². The van der Waals surface area contributed by atoms with Crippen LogP contribution in [-0.4, -0.2) is 32.5 Å². The summed E-state index contributed by atoms with van der Waals surface area (Å²) in [6, 6.07) is 0.0155. The van der Waals surface area contributed by atoms with Crippen molar-refractivity contribution in [1.29, 1.82) is 0 Å². The van der Waals surface area contributed by atoms with Crippen molar-refractivity contribution in [1.82, 2.24) is 9.71 Å². The van der Waals surface area contributed by atoms with Crippen LogP contribution in [0.1, 0.15) is 6.92 Å². The Morgan fingerprint density at radius 2 is 2.18 bits per heavy atom.